The highest BCUT2D eigenvalue weighted by Gasteiger charge is 2.31. The van der Waals surface area contributed by atoms with Crippen LogP contribution in [0.3, 0.4) is 0 Å². The number of halogens is 2. The molecule has 0 radical (unpaired) electrons. The molecule has 1 aliphatic heterocycles. The number of thioether (sulfide) groups is 1. The molecule has 2 aromatic heterocycles. The number of carbonyl (C=O) groups excluding carboxylic acids is 1. The summed E-state index contributed by atoms with van der Waals surface area (Å²) in [5.41, 5.74) is -1.38. The van der Waals surface area contributed by atoms with Gasteiger partial charge in [0.25, 0.3) is 5.56 Å². The molecule has 1 saturated heterocycles. The van der Waals surface area contributed by atoms with Gasteiger partial charge in [0.05, 0.1) is 6.04 Å². The lowest BCUT2D eigenvalue weighted by Gasteiger charge is -2.37. The largest absolute Gasteiger partial charge is 0.472 e. The van der Waals surface area contributed by atoms with Crippen molar-refractivity contribution < 1.29 is 18.7 Å². The van der Waals surface area contributed by atoms with Crippen LogP contribution in [0.1, 0.15) is 27.7 Å². The molecular weight excluding hydrogens is 449 g/mol. The quantitative estimate of drug-likeness (QED) is 0.396. The van der Waals surface area contributed by atoms with Crippen molar-refractivity contribution in [3.63, 3.8) is 0 Å². The number of nitrogens with zero attached hydrogens (tertiary/aromatic N) is 3. The predicted molar refractivity (Wildman–Crippen MR) is 117 cm³/mol. The van der Waals surface area contributed by atoms with Gasteiger partial charge < -0.3 is 24.7 Å². The highest BCUT2D eigenvalue weighted by molar-refractivity contribution is 7.98. The summed E-state index contributed by atoms with van der Waals surface area (Å²) in [6, 6.07) is -0.278. The minimum absolute atomic E-state index is 0.119. The van der Waals surface area contributed by atoms with Gasteiger partial charge in [-0.1, -0.05) is 23.4 Å². The molecule has 31 heavy (non-hydrogen) atoms. The number of carbonyl (C=O) groups is 1. The Bertz CT molecular complexity index is 1040. The summed E-state index contributed by atoms with van der Waals surface area (Å²) < 4.78 is 25.9. The van der Waals surface area contributed by atoms with Crippen molar-refractivity contribution in [1.29, 1.82) is 0 Å². The molecule has 12 heteroatoms. The Kier molecular flexibility index (Phi) is 6.97. The number of aromatic amines is 1. The van der Waals surface area contributed by atoms with E-state index in [1.165, 1.54) is 0 Å². The zero-order chi connectivity index (χ0) is 22.9. The van der Waals surface area contributed by atoms with Gasteiger partial charge in [0.2, 0.25) is 5.88 Å². The van der Waals surface area contributed by atoms with Crippen LogP contribution in [-0.2, 0) is 4.74 Å². The number of rotatable bonds is 4. The molecule has 3 rings (SSSR count). The van der Waals surface area contributed by atoms with Crippen molar-refractivity contribution in [3.05, 3.63) is 21.3 Å². The maximum atomic E-state index is 14.5. The van der Waals surface area contributed by atoms with Gasteiger partial charge in [0, 0.05) is 19.6 Å². The number of pyridine rings is 1. The van der Waals surface area contributed by atoms with E-state index >= 15 is 0 Å². The monoisotopic (exact) mass is 473 g/mol. The molecule has 3 heterocycles. The summed E-state index contributed by atoms with van der Waals surface area (Å²) in [7, 11) is 0. The van der Waals surface area contributed by atoms with Crippen LogP contribution in [0.5, 0.6) is 5.88 Å². The van der Waals surface area contributed by atoms with Crippen LogP contribution in [-0.4, -0.2) is 69.6 Å². The van der Waals surface area contributed by atoms with Crippen LogP contribution in [0.4, 0.5) is 9.18 Å². The number of aromatic nitrogens is 3. The molecular formula is C19H25ClFN5O4S. The third-order valence-corrected chi connectivity index (χ3v) is 5.45. The summed E-state index contributed by atoms with van der Waals surface area (Å²) in [5.74, 6) is -1.00. The Morgan fingerprint density at radius 1 is 1.39 bits per heavy atom. The number of piperazine rings is 1. The minimum Gasteiger partial charge on any atom is -0.472 e. The van der Waals surface area contributed by atoms with Gasteiger partial charge in [-0.2, -0.15) is 4.98 Å². The molecule has 2 atom stereocenters. The van der Waals surface area contributed by atoms with Gasteiger partial charge >= 0.3 is 6.09 Å². The lowest BCUT2D eigenvalue weighted by atomic mass is 10.1. The molecule has 1 fully saturated rings. The van der Waals surface area contributed by atoms with E-state index in [9.17, 15) is 14.0 Å². The first kappa shape index (κ1) is 23.6. The first-order valence-electron chi connectivity index (χ1n) is 9.71. The fourth-order valence-corrected chi connectivity index (χ4v) is 3.67. The van der Waals surface area contributed by atoms with Crippen molar-refractivity contribution >= 4 is 40.4 Å². The Morgan fingerprint density at radius 2 is 2.10 bits per heavy atom. The number of amides is 1. The number of nitrogens with one attached hydrogen (secondary N) is 2. The van der Waals surface area contributed by atoms with Crippen molar-refractivity contribution in [3.8, 4) is 5.88 Å². The summed E-state index contributed by atoms with van der Waals surface area (Å²) in [6.07, 6.45) is 0.766. The second kappa shape index (κ2) is 9.17. The average Bonchev–Trinajstić information content (AvgIpc) is 2.70. The SMILES string of the molecule is CSc1nc2c(F)c(Cl)nc(OC(C)C3CN(C(=O)OC(C)(C)C)CCN3)c2c(=O)[nH]1. The zero-order valence-corrected chi connectivity index (χ0v) is 19.5. The predicted octanol–water partition coefficient (Wildman–Crippen LogP) is 2.81. The fraction of sp³-hybridized carbons (Fsp3) is 0.579. The average molecular weight is 474 g/mol. The fourth-order valence-electron chi connectivity index (χ4n) is 3.13. The van der Waals surface area contributed by atoms with E-state index in [2.05, 4.69) is 20.3 Å². The van der Waals surface area contributed by atoms with E-state index in [0.717, 1.165) is 11.8 Å². The second-order valence-electron chi connectivity index (χ2n) is 8.13. The molecule has 2 unspecified atom stereocenters. The van der Waals surface area contributed by atoms with E-state index in [1.54, 1.807) is 38.9 Å². The van der Waals surface area contributed by atoms with Crippen LogP contribution in [0.15, 0.2) is 9.95 Å². The van der Waals surface area contributed by atoms with Gasteiger partial charge in [-0.05, 0) is 34.0 Å². The molecule has 1 aliphatic rings. The van der Waals surface area contributed by atoms with E-state index in [0.29, 0.717) is 19.6 Å². The zero-order valence-electron chi connectivity index (χ0n) is 17.9. The highest BCUT2D eigenvalue weighted by atomic mass is 35.5. The number of ether oxygens (including phenoxy) is 2. The van der Waals surface area contributed by atoms with E-state index in [4.69, 9.17) is 21.1 Å². The lowest BCUT2D eigenvalue weighted by Crippen LogP contribution is -2.58. The van der Waals surface area contributed by atoms with Crippen LogP contribution in [0, 0.1) is 5.82 Å². The van der Waals surface area contributed by atoms with E-state index < -0.39 is 34.3 Å². The second-order valence-corrected chi connectivity index (χ2v) is 9.28. The van der Waals surface area contributed by atoms with Crippen molar-refractivity contribution in [1.82, 2.24) is 25.2 Å². The topological polar surface area (TPSA) is 109 Å². The Morgan fingerprint density at radius 3 is 2.74 bits per heavy atom. The maximum absolute atomic E-state index is 14.5. The number of fused-ring (bicyclic) bond motifs is 1. The normalized spacial score (nSPS) is 18.2. The number of hydrogen-bond acceptors (Lipinski definition) is 8. The van der Waals surface area contributed by atoms with Crippen molar-refractivity contribution in [2.75, 3.05) is 25.9 Å². The van der Waals surface area contributed by atoms with Gasteiger partial charge in [-0.3, -0.25) is 4.79 Å². The molecule has 9 nitrogen and oxygen atoms in total. The lowest BCUT2D eigenvalue weighted by molar-refractivity contribution is 0.0141. The van der Waals surface area contributed by atoms with Crippen LogP contribution in [0.25, 0.3) is 10.9 Å². The third-order valence-electron chi connectivity index (χ3n) is 4.61. The van der Waals surface area contributed by atoms with Gasteiger partial charge in [0.15, 0.2) is 16.1 Å². The first-order valence-corrected chi connectivity index (χ1v) is 11.3. The maximum Gasteiger partial charge on any atom is 0.410 e. The molecule has 170 valence electrons. The summed E-state index contributed by atoms with van der Waals surface area (Å²) in [6.45, 7) is 8.53. The summed E-state index contributed by atoms with van der Waals surface area (Å²) >= 11 is 7.09. The molecule has 0 aliphatic carbocycles. The standard InChI is InChI=1S/C19H25ClFN5O4S/c1-9(10-8-26(7-6-22-10)18(28)30-19(2,3)4)29-16-11-13(12(21)14(20)24-16)23-17(31-5)25-15(11)27/h9-10,22H,6-8H2,1-5H3,(H,23,25,27). The smallest absolute Gasteiger partial charge is 0.410 e. The van der Waals surface area contributed by atoms with Crippen LogP contribution >= 0.6 is 23.4 Å². The van der Waals surface area contributed by atoms with Crippen LogP contribution in [0.2, 0.25) is 5.15 Å². The number of hydrogen-bond donors (Lipinski definition) is 2. The van der Waals surface area contributed by atoms with Gasteiger partial charge in [-0.15, -0.1) is 0 Å². The Balaban J connectivity index is 1.85. The molecule has 0 bridgehead atoms. The molecule has 0 spiro atoms. The third kappa shape index (κ3) is 5.39. The molecule has 0 aromatic carbocycles. The molecule has 0 saturated carbocycles. The van der Waals surface area contributed by atoms with E-state index in [1.807, 2.05) is 0 Å². The van der Waals surface area contributed by atoms with E-state index in [-0.39, 0.29) is 28.0 Å². The van der Waals surface area contributed by atoms with Crippen LogP contribution < -0.4 is 15.6 Å². The summed E-state index contributed by atoms with van der Waals surface area (Å²) in [4.78, 5) is 37.1. The van der Waals surface area contributed by atoms with Gasteiger partial charge in [0.1, 0.15) is 22.6 Å². The van der Waals surface area contributed by atoms with Crippen molar-refractivity contribution in [2.45, 2.75) is 50.6 Å². The minimum atomic E-state index is -0.884. The number of H-pyrrole nitrogens is 1. The Hall–Kier alpha value is -2.11. The molecule has 1 amide bonds. The van der Waals surface area contributed by atoms with Crippen molar-refractivity contribution in [2.24, 2.45) is 0 Å². The summed E-state index contributed by atoms with van der Waals surface area (Å²) in [5, 5.41) is 2.97. The van der Waals surface area contributed by atoms with Gasteiger partial charge in [-0.25, -0.2) is 14.2 Å². The molecule has 2 N–H and O–H groups in total. The highest BCUT2D eigenvalue weighted by Crippen LogP contribution is 2.28. The Labute approximate surface area is 188 Å². The molecule has 2 aromatic rings. The first-order chi connectivity index (χ1) is 14.5.